The molecule has 0 aliphatic rings. The van der Waals surface area contributed by atoms with Crippen molar-refractivity contribution >= 4 is 11.9 Å². The third-order valence-electron chi connectivity index (χ3n) is 2.97. The van der Waals surface area contributed by atoms with Gasteiger partial charge in [0.15, 0.2) is 0 Å². The molecule has 0 radical (unpaired) electrons. The maximum atomic E-state index is 11.4. The van der Waals surface area contributed by atoms with Gasteiger partial charge in [-0.05, 0) is 12.5 Å². The van der Waals surface area contributed by atoms with E-state index >= 15 is 0 Å². The summed E-state index contributed by atoms with van der Waals surface area (Å²) in [7, 11) is 1.70. The molecule has 1 aromatic rings. The van der Waals surface area contributed by atoms with Crippen molar-refractivity contribution in [2.24, 2.45) is 0 Å². The summed E-state index contributed by atoms with van der Waals surface area (Å²) >= 11 is 0. The number of amides is 1. The highest BCUT2D eigenvalue weighted by Gasteiger charge is 2.26. The monoisotopic (exact) mass is 249 g/mol. The van der Waals surface area contributed by atoms with E-state index in [-0.39, 0.29) is 17.9 Å². The molecule has 98 valence electrons. The van der Waals surface area contributed by atoms with Gasteiger partial charge in [0.05, 0.1) is 6.04 Å². The van der Waals surface area contributed by atoms with E-state index < -0.39 is 6.10 Å². The van der Waals surface area contributed by atoms with Crippen molar-refractivity contribution in [1.29, 1.82) is 0 Å². The molecule has 0 heterocycles. The van der Waals surface area contributed by atoms with E-state index in [0.29, 0.717) is 0 Å². The van der Waals surface area contributed by atoms with Crippen LogP contribution in [0.2, 0.25) is 0 Å². The highest BCUT2D eigenvalue weighted by molar-refractivity contribution is 5.73. The molecule has 2 atom stereocenters. The van der Waals surface area contributed by atoms with Crippen LogP contribution in [0, 0.1) is 0 Å². The molecule has 0 unspecified atom stereocenters. The van der Waals surface area contributed by atoms with Gasteiger partial charge in [0.1, 0.15) is 6.10 Å². The standard InChI is InChI=1S/C14H19NO3/c1-10(15(4)11(2)16)14(18-12(3)17)13-8-6-5-7-9-13/h5-10,14H,1-4H3/t10-,14+/m1/s1. The zero-order valence-corrected chi connectivity index (χ0v) is 11.2. The average molecular weight is 249 g/mol. The summed E-state index contributed by atoms with van der Waals surface area (Å²) in [6.45, 7) is 4.73. The lowest BCUT2D eigenvalue weighted by Crippen LogP contribution is -2.39. The molecule has 18 heavy (non-hydrogen) atoms. The summed E-state index contributed by atoms with van der Waals surface area (Å²) in [6, 6.07) is 9.22. The molecule has 0 fully saturated rings. The summed E-state index contributed by atoms with van der Waals surface area (Å²) in [5.41, 5.74) is 0.883. The summed E-state index contributed by atoms with van der Waals surface area (Å²) in [4.78, 5) is 24.2. The first-order valence-electron chi connectivity index (χ1n) is 5.89. The number of rotatable bonds is 4. The first kappa shape index (κ1) is 14.2. The van der Waals surface area contributed by atoms with E-state index in [9.17, 15) is 9.59 Å². The number of carbonyl (C=O) groups is 2. The Hall–Kier alpha value is -1.84. The van der Waals surface area contributed by atoms with E-state index in [1.807, 2.05) is 37.3 Å². The van der Waals surface area contributed by atoms with Gasteiger partial charge in [0.2, 0.25) is 5.91 Å². The number of ether oxygens (including phenoxy) is 1. The Labute approximate surface area is 108 Å². The predicted octanol–water partition coefficient (Wildman–Crippen LogP) is 2.16. The lowest BCUT2D eigenvalue weighted by Gasteiger charge is -2.31. The fourth-order valence-electron chi connectivity index (χ4n) is 1.76. The van der Waals surface area contributed by atoms with Crippen molar-refractivity contribution in [2.45, 2.75) is 32.9 Å². The minimum Gasteiger partial charge on any atom is -0.455 e. The molecule has 0 bridgehead atoms. The zero-order chi connectivity index (χ0) is 13.7. The summed E-state index contributed by atoms with van der Waals surface area (Å²) in [6.07, 6.45) is -0.447. The van der Waals surface area contributed by atoms with Gasteiger partial charge in [-0.3, -0.25) is 9.59 Å². The minimum absolute atomic E-state index is 0.0596. The van der Waals surface area contributed by atoms with Crippen molar-refractivity contribution in [3.63, 3.8) is 0 Å². The van der Waals surface area contributed by atoms with Crippen LogP contribution in [0.5, 0.6) is 0 Å². The molecule has 0 saturated carbocycles. The van der Waals surface area contributed by atoms with Crippen molar-refractivity contribution in [3.8, 4) is 0 Å². The number of esters is 1. The van der Waals surface area contributed by atoms with Crippen LogP contribution in [0.1, 0.15) is 32.4 Å². The Morgan fingerprint density at radius 3 is 2.17 bits per heavy atom. The van der Waals surface area contributed by atoms with Gasteiger partial charge < -0.3 is 9.64 Å². The first-order chi connectivity index (χ1) is 8.43. The SMILES string of the molecule is CC(=O)O[C@H](c1ccccc1)[C@@H](C)N(C)C(C)=O. The maximum absolute atomic E-state index is 11.4. The number of likely N-dealkylation sites (N-methyl/N-ethyl adjacent to an activating group) is 1. The lowest BCUT2D eigenvalue weighted by atomic mass is 10.0. The number of hydrogen-bond donors (Lipinski definition) is 0. The molecule has 4 nitrogen and oxygen atoms in total. The van der Waals surface area contributed by atoms with Crippen LogP contribution in [0.25, 0.3) is 0 Å². The molecule has 0 spiro atoms. The topological polar surface area (TPSA) is 46.6 Å². The molecule has 1 rings (SSSR count). The quantitative estimate of drug-likeness (QED) is 0.768. The van der Waals surface area contributed by atoms with Crippen LogP contribution >= 0.6 is 0 Å². The van der Waals surface area contributed by atoms with Crippen LogP contribution in [0.4, 0.5) is 0 Å². The second-order valence-corrected chi connectivity index (χ2v) is 4.31. The van der Waals surface area contributed by atoms with Gasteiger partial charge in [-0.15, -0.1) is 0 Å². The number of benzene rings is 1. The normalized spacial score (nSPS) is 13.6. The Balaban J connectivity index is 2.98. The van der Waals surface area contributed by atoms with E-state index in [2.05, 4.69) is 0 Å². The van der Waals surface area contributed by atoms with Crippen LogP contribution in [-0.4, -0.2) is 29.9 Å². The molecule has 0 aliphatic carbocycles. The molecule has 0 aromatic heterocycles. The molecule has 0 N–H and O–H groups in total. The fraction of sp³-hybridized carbons (Fsp3) is 0.429. The number of nitrogens with zero attached hydrogens (tertiary/aromatic N) is 1. The largest absolute Gasteiger partial charge is 0.455 e. The van der Waals surface area contributed by atoms with Crippen LogP contribution in [0.3, 0.4) is 0 Å². The van der Waals surface area contributed by atoms with E-state index in [4.69, 9.17) is 4.74 Å². The molecule has 0 aliphatic heterocycles. The molecule has 4 heteroatoms. The molecule has 0 saturated heterocycles. The van der Waals surface area contributed by atoms with Gasteiger partial charge in [0, 0.05) is 20.9 Å². The summed E-state index contributed by atoms with van der Waals surface area (Å²) in [5.74, 6) is -0.414. The van der Waals surface area contributed by atoms with Crippen molar-refractivity contribution in [1.82, 2.24) is 4.90 Å². The number of hydrogen-bond acceptors (Lipinski definition) is 3. The van der Waals surface area contributed by atoms with Crippen LogP contribution < -0.4 is 0 Å². The molecular weight excluding hydrogens is 230 g/mol. The second-order valence-electron chi connectivity index (χ2n) is 4.31. The Morgan fingerprint density at radius 2 is 1.72 bits per heavy atom. The van der Waals surface area contributed by atoms with E-state index in [1.54, 1.807) is 11.9 Å². The van der Waals surface area contributed by atoms with Crippen molar-refractivity contribution < 1.29 is 14.3 Å². The Bertz CT molecular complexity index is 416. The Kier molecular flexibility index (Phi) is 4.89. The second kappa shape index (κ2) is 6.19. The minimum atomic E-state index is -0.447. The molecule has 1 amide bonds. The third-order valence-corrected chi connectivity index (χ3v) is 2.97. The van der Waals surface area contributed by atoms with E-state index in [0.717, 1.165) is 5.56 Å². The lowest BCUT2D eigenvalue weighted by molar-refractivity contribution is -0.152. The van der Waals surface area contributed by atoms with Crippen LogP contribution in [-0.2, 0) is 14.3 Å². The summed E-state index contributed by atoms with van der Waals surface area (Å²) in [5, 5.41) is 0. The third kappa shape index (κ3) is 3.58. The molecule has 1 aromatic carbocycles. The highest BCUT2D eigenvalue weighted by Crippen LogP contribution is 2.24. The van der Waals surface area contributed by atoms with Crippen molar-refractivity contribution in [3.05, 3.63) is 35.9 Å². The fourth-order valence-corrected chi connectivity index (χ4v) is 1.76. The predicted molar refractivity (Wildman–Crippen MR) is 68.9 cm³/mol. The van der Waals surface area contributed by atoms with Gasteiger partial charge in [0.25, 0.3) is 0 Å². The van der Waals surface area contributed by atoms with E-state index in [1.165, 1.54) is 13.8 Å². The summed E-state index contributed by atoms with van der Waals surface area (Å²) < 4.78 is 5.34. The van der Waals surface area contributed by atoms with Crippen LogP contribution in [0.15, 0.2) is 30.3 Å². The number of carbonyl (C=O) groups excluding carboxylic acids is 2. The zero-order valence-electron chi connectivity index (χ0n) is 11.2. The average Bonchev–Trinajstić information content (AvgIpc) is 2.35. The Morgan fingerprint density at radius 1 is 1.17 bits per heavy atom. The van der Waals surface area contributed by atoms with Crippen molar-refractivity contribution in [2.75, 3.05) is 7.05 Å². The van der Waals surface area contributed by atoms with Gasteiger partial charge in [-0.1, -0.05) is 30.3 Å². The maximum Gasteiger partial charge on any atom is 0.303 e. The van der Waals surface area contributed by atoms with Gasteiger partial charge in [-0.25, -0.2) is 0 Å². The highest BCUT2D eigenvalue weighted by atomic mass is 16.5. The first-order valence-corrected chi connectivity index (χ1v) is 5.89. The van der Waals surface area contributed by atoms with Gasteiger partial charge in [-0.2, -0.15) is 0 Å². The molecular formula is C14H19NO3. The smallest absolute Gasteiger partial charge is 0.303 e. The van der Waals surface area contributed by atoms with Gasteiger partial charge >= 0.3 is 5.97 Å².